The zero-order chi connectivity index (χ0) is 19.4. The number of rotatable bonds is 3. The van der Waals surface area contributed by atoms with Crippen molar-refractivity contribution < 1.29 is 19.2 Å². The molecule has 2 aliphatic heterocycles. The highest BCUT2D eigenvalue weighted by Crippen LogP contribution is 2.15. The lowest BCUT2D eigenvalue weighted by Gasteiger charge is -2.40. The van der Waals surface area contributed by atoms with Gasteiger partial charge in [0.2, 0.25) is 17.7 Å². The monoisotopic (exact) mass is 374 g/mol. The molecule has 0 saturated carbocycles. The lowest BCUT2D eigenvalue weighted by molar-refractivity contribution is -0.137. The Morgan fingerprint density at radius 3 is 2.74 bits per heavy atom. The SMILES string of the molecule is CC(=O)N1CCN(C(=O)c2cnccn2)C(C(=O)NC2CCCNC2=O)C1. The van der Waals surface area contributed by atoms with Crippen molar-refractivity contribution in [2.75, 3.05) is 26.2 Å². The van der Waals surface area contributed by atoms with Gasteiger partial charge in [0, 0.05) is 39.0 Å². The molecule has 0 aromatic carbocycles. The predicted octanol–water partition coefficient (Wildman–Crippen LogP) is -1.46. The number of piperazine rings is 1. The van der Waals surface area contributed by atoms with Gasteiger partial charge in [0.25, 0.3) is 5.91 Å². The molecule has 2 unspecified atom stereocenters. The fourth-order valence-corrected chi connectivity index (χ4v) is 3.27. The van der Waals surface area contributed by atoms with Crippen molar-refractivity contribution in [2.45, 2.75) is 31.8 Å². The molecule has 2 aliphatic rings. The van der Waals surface area contributed by atoms with Gasteiger partial charge in [-0.2, -0.15) is 0 Å². The van der Waals surface area contributed by atoms with E-state index in [4.69, 9.17) is 0 Å². The standard InChI is InChI=1S/C17H22N6O4/c1-11(24)22-7-8-23(17(27)13-9-18-5-6-19-13)14(10-22)16(26)21-12-3-2-4-20-15(12)25/h5-6,9,12,14H,2-4,7-8,10H2,1H3,(H,20,25)(H,21,26). The number of carbonyl (C=O) groups excluding carboxylic acids is 4. The lowest BCUT2D eigenvalue weighted by Crippen LogP contribution is -2.63. The van der Waals surface area contributed by atoms with Gasteiger partial charge in [-0.1, -0.05) is 0 Å². The Morgan fingerprint density at radius 1 is 1.26 bits per heavy atom. The molecule has 2 N–H and O–H groups in total. The Balaban J connectivity index is 1.78. The van der Waals surface area contributed by atoms with Gasteiger partial charge in [0.05, 0.1) is 12.7 Å². The molecule has 2 fully saturated rings. The average molecular weight is 374 g/mol. The maximum absolute atomic E-state index is 12.9. The minimum atomic E-state index is -0.896. The second-order valence-electron chi connectivity index (χ2n) is 6.56. The second-order valence-corrected chi connectivity index (χ2v) is 6.56. The minimum Gasteiger partial charge on any atom is -0.354 e. The quantitative estimate of drug-likeness (QED) is 0.667. The topological polar surface area (TPSA) is 125 Å². The van der Waals surface area contributed by atoms with Crippen molar-refractivity contribution in [3.05, 3.63) is 24.3 Å². The summed E-state index contributed by atoms with van der Waals surface area (Å²) in [6.45, 7) is 2.61. The zero-order valence-corrected chi connectivity index (χ0v) is 15.1. The van der Waals surface area contributed by atoms with E-state index in [1.807, 2.05) is 0 Å². The number of carbonyl (C=O) groups is 4. The first-order valence-corrected chi connectivity index (χ1v) is 8.88. The number of piperidine rings is 1. The Labute approximate surface area is 156 Å². The summed E-state index contributed by atoms with van der Waals surface area (Å²) < 4.78 is 0. The molecule has 3 heterocycles. The van der Waals surface area contributed by atoms with E-state index in [0.29, 0.717) is 19.5 Å². The summed E-state index contributed by atoms with van der Waals surface area (Å²) in [7, 11) is 0. The molecule has 0 bridgehead atoms. The van der Waals surface area contributed by atoms with Gasteiger partial charge in [-0.15, -0.1) is 0 Å². The molecule has 2 saturated heterocycles. The molecule has 0 radical (unpaired) electrons. The van der Waals surface area contributed by atoms with E-state index in [1.165, 1.54) is 35.3 Å². The first-order chi connectivity index (χ1) is 13.0. The number of hydrogen-bond acceptors (Lipinski definition) is 6. The third-order valence-electron chi connectivity index (χ3n) is 4.77. The van der Waals surface area contributed by atoms with Crippen molar-refractivity contribution in [1.29, 1.82) is 0 Å². The molecule has 3 rings (SSSR count). The van der Waals surface area contributed by atoms with Crippen LogP contribution in [0.3, 0.4) is 0 Å². The van der Waals surface area contributed by atoms with Crippen LogP contribution in [0.5, 0.6) is 0 Å². The minimum absolute atomic E-state index is 0.0709. The summed E-state index contributed by atoms with van der Waals surface area (Å²) in [5.74, 6) is -1.30. The highest BCUT2D eigenvalue weighted by atomic mass is 16.2. The van der Waals surface area contributed by atoms with Crippen molar-refractivity contribution in [1.82, 2.24) is 30.4 Å². The summed E-state index contributed by atoms with van der Waals surface area (Å²) in [5.41, 5.74) is 0.127. The zero-order valence-electron chi connectivity index (χ0n) is 15.1. The van der Waals surface area contributed by atoms with Gasteiger partial charge >= 0.3 is 0 Å². The Hall–Kier alpha value is -3.04. The van der Waals surface area contributed by atoms with E-state index >= 15 is 0 Å². The summed E-state index contributed by atoms with van der Waals surface area (Å²) in [6, 6.07) is -1.53. The van der Waals surface area contributed by atoms with Crippen LogP contribution in [0.1, 0.15) is 30.3 Å². The van der Waals surface area contributed by atoms with Crippen molar-refractivity contribution in [2.24, 2.45) is 0 Å². The third-order valence-corrected chi connectivity index (χ3v) is 4.77. The van der Waals surface area contributed by atoms with Crippen LogP contribution in [0.2, 0.25) is 0 Å². The first-order valence-electron chi connectivity index (χ1n) is 8.88. The summed E-state index contributed by atoms with van der Waals surface area (Å²) >= 11 is 0. The molecule has 1 aromatic rings. The highest BCUT2D eigenvalue weighted by Gasteiger charge is 2.38. The van der Waals surface area contributed by atoms with Crippen LogP contribution >= 0.6 is 0 Å². The molecular weight excluding hydrogens is 352 g/mol. The van der Waals surface area contributed by atoms with Crippen LogP contribution in [0, 0.1) is 0 Å². The fourth-order valence-electron chi connectivity index (χ4n) is 3.27. The van der Waals surface area contributed by atoms with Crippen LogP contribution < -0.4 is 10.6 Å². The fraction of sp³-hybridized carbons (Fsp3) is 0.529. The van der Waals surface area contributed by atoms with E-state index in [-0.39, 0.29) is 30.6 Å². The molecule has 144 valence electrons. The number of amides is 4. The van der Waals surface area contributed by atoms with Crippen LogP contribution in [-0.2, 0) is 14.4 Å². The van der Waals surface area contributed by atoms with Gasteiger partial charge in [-0.25, -0.2) is 4.98 Å². The molecule has 0 spiro atoms. The largest absolute Gasteiger partial charge is 0.354 e. The maximum Gasteiger partial charge on any atom is 0.274 e. The number of nitrogens with one attached hydrogen (secondary N) is 2. The van der Waals surface area contributed by atoms with Crippen LogP contribution in [-0.4, -0.2) is 81.7 Å². The van der Waals surface area contributed by atoms with Gasteiger partial charge in [0.15, 0.2) is 0 Å². The molecule has 1 aromatic heterocycles. The Bertz CT molecular complexity index is 740. The normalized spacial score (nSPS) is 22.8. The van der Waals surface area contributed by atoms with Crippen molar-refractivity contribution in [3.63, 3.8) is 0 Å². The van der Waals surface area contributed by atoms with Gasteiger partial charge in [-0.05, 0) is 12.8 Å². The molecule has 10 nitrogen and oxygen atoms in total. The summed E-state index contributed by atoms with van der Waals surface area (Å²) in [4.78, 5) is 60.2. The molecule has 27 heavy (non-hydrogen) atoms. The lowest BCUT2D eigenvalue weighted by atomic mass is 10.0. The van der Waals surface area contributed by atoms with Gasteiger partial charge < -0.3 is 20.4 Å². The number of aromatic nitrogens is 2. The smallest absolute Gasteiger partial charge is 0.274 e. The van der Waals surface area contributed by atoms with E-state index in [0.717, 1.165) is 6.42 Å². The van der Waals surface area contributed by atoms with Crippen LogP contribution in [0.15, 0.2) is 18.6 Å². The van der Waals surface area contributed by atoms with Crippen LogP contribution in [0.4, 0.5) is 0 Å². The van der Waals surface area contributed by atoms with Crippen LogP contribution in [0.25, 0.3) is 0 Å². The average Bonchev–Trinajstić information content (AvgIpc) is 2.69. The van der Waals surface area contributed by atoms with Crippen molar-refractivity contribution in [3.8, 4) is 0 Å². The predicted molar refractivity (Wildman–Crippen MR) is 93.3 cm³/mol. The van der Waals surface area contributed by atoms with E-state index in [2.05, 4.69) is 20.6 Å². The highest BCUT2D eigenvalue weighted by molar-refractivity contribution is 5.97. The number of hydrogen-bond donors (Lipinski definition) is 2. The van der Waals surface area contributed by atoms with E-state index in [9.17, 15) is 19.2 Å². The molecule has 10 heteroatoms. The molecule has 4 amide bonds. The maximum atomic E-state index is 12.9. The van der Waals surface area contributed by atoms with Gasteiger partial charge in [-0.3, -0.25) is 24.2 Å². The van der Waals surface area contributed by atoms with Crippen molar-refractivity contribution >= 4 is 23.6 Å². The van der Waals surface area contributed by atoms with Gasteiger partial charge in [0.1, 0.15) is 17.8 Å². The van der Waals surface area contributed by atoms with E-state index < -0.39 is 23.9 Å². The summed E-state index contributed by atoms with van der Waals surface area (Å²) in [5, 5.41) is 5.43. The Kier molecular flexibility index (Phi) is 5.63. The molecular formula is C17H22N6O4. The molecule has 2 atom stereocenters. The molecule has 0 aliphatic carbocycles. The third kappa shape index (κ3) is 4.21. The Morgan fingerprint density at radius 2 is 2.07 bits per heavy atom. The first kappa shape index (κ1) is 18.7. The number of nitrogens with zero attached hydrogens (tertiary/aromatic N) is 4. The second kappa shape index (κ2) is 8.11. The van der Waals surface area contributed by atoms with E-state index in [1.54, 1.807) is 0 Å². The summed E-state index contributed by atoms with van der Waals surface area (Å²) in [6.07, 6.45) is 5.50.